The molecule has 1 aliphatic heterocycles. The molecule has 12 heteroatoms. The van der Waals surface area contributed by atoms with E-state index < -0.39 is 22.8 Å². The number of hydrogen-bond acceptors (Lipinski definition) is 10. The van der Waals surface area contributed by atoms with Gasteiger partial charge in [0.05, 0.1) is 22.0 Å². The van der Waals surface area contributed by atoms with Crippen molar-refractivity contribution in [3.63, 3.8) is 0 Å². The molecule has 0 bridgehead atoms. The smallest absolute Gasteiger partial charge is 0.336 e. The number of esters is 2. The maximum Gasteiger partial charge on any atom is 0.336 e. The van der Waals surface area contributed by atoms with Crippen LogP contribution >= 0.6 is 11.8 Å². The Morgan fingerprint density at radius 2 is 1.61 bits per heavy atom. The summed E-state index contributed by atoms with van der Waals surface area (Å²) < 4.78 is 16.7. The molecule has 1 aliphatic rings. The number of benzene rings is 2. The maximum atomic E-state index is 13.4. The lowest BCUT2D eigenvalue weighted by molar-refractivity contribution is -0.384. The first-order valence-corrected chi connectivity index (χ1v) is 14.1. The maximum absolute atomic E-state index is 13.4. The number of allylic oxidation sites excluding steroid dienone is 2. The Balaban J connectivity index is 1.79. The van der Waals surface area contributed by atoms with Crippen molar-refractivity contribution < 1.29 is 33.5 Å². The summed E-state index contributed by atoms with van der Waals surface area (Å²) in [6, 6.07) is 12.5. The average molecular weight is 584 g/mol. The molecular formula is C29H33N3O8S. The first-order chi connectivity index (χ1) is 19.6. The number of hydrogen-bond donors (Lipinski definition) is 2. The lowest BCUT2D eigenvalue weighted by Gasteiger charge is -2.30. The molecule has 218 valence electrons. The van der Waals surface area contributed by atoms with Gasteiger partial charge in [0.2, 0.25) is 5.91 Å². The zero-order valence-corrected chi connectivity index (χ0v) is 24.2. The number of nitro benzene ring substituents is 1. The third-order valence-electron chi connectivity index (χ3n) is 6.04. The Bertz CT molecular complexity index is 1350. The van der Waals surface area contributed by atoms with E-state index in [0.29, 0.717) is 34.1 Å². The Hall–Kier alpha value is -4.32. The van der Waals surface area contributed by atoms with Crippen LogP contribution in [-0.2, 0) is 23.9 Å². The highest BCUT2D eigenvalue weighted by Gasteiger charge is 2.38. The molecule has 1 atom stereocenters. The van der Waals surface area contributed by atoms with Gasteiger partial charge in [0.15, 0.2) is 0 Å². The van der Waals surface area contributed by atoms with Crippen molar-refractivity contribution in [3.8, 4) is 5.75 Å². The van der Waals surface area contributed by atoms with Crippen molar-refractivity contribution in [2.45, 2.75) is 33.6 Å². The number of carbonyl (C=O) groups excluding carboxylic acids is 3. The Morgan fingerprint density at radius 1 is 0.976 bits per heavy atom. The van der Waals surface area contributed by atoms with Gasteiger partial charge in [0, 0.05) is 41.9 Å². The number of non-ortho nitro benzene ring substituents is 1. The van der Waals surface area contributed by atoms with E-state index in [0.717, 1.165) is 5.75 Å². The van der Waals surface area contributed by atoms with E-state index in [-0.39, 0.29) is 42.6 Å². The van der Waals surface area contributed by atoms with Gasteiger partial charge in [-0.1, -0.05) is 19.1 Å². The number of amides is 1. The molecular weight excluding hydrogens is 550 g/mol. The van der Waals surface area contributed by atoms with Crippen LogP contribution in [0.15, 0.2) is 71.1 Å². The van der Waals surface area contributed by atoms with E-state index >= 15 is 0 Å². The molecule has 0 spiro atoms. The molecule has 3 rings (SSSR count). The largest absolute Gasteiger partial charge is 0.490 e. The molecule has 0 aromatic heterocycles. The van der Waals surface area contributed by atoms with Crippen molar-refractivity contribution in [1.82, 2.24) is 5.32 Å². The standard InChI is InChI=1S/C29H33N3O8S/c1-5-41-16-15-40-29(35)26-19(3)30-18(2)25(27(26)21-7-6-8-23(17-21)32(36)37)28(34)39-14-13-38-24-11-9-22(10-12-24)31-20(4)33/h6-12,17,27,30H,5,13-16H2,1-4H3,(H,31,33). The van der Waals surface area contributed by atoms with Crippen LogP contribution < -0.4 is 15.4 Å². The molecule has 1 heterocycles. The summed E-state index contributed by atoms with van der Waals surface area (Å²) in [5, 5.41) is 17.2. The second-order valence-electron chi connectivity index (χ2n) is 9.01. The van der Waals surface area contributed by atoms with Crippen LogP contribution in [0.5, 0.6) is 5.75 Å². The zero-order valence-electron chi connectivity index (χ0n) is 23.4. The third kappa shape index (κ3) is 8.58. The fraction of sp³-hybridized carbons (Fsp3) is 0.345. The highest BCUT2D eigenvalue weighted by Crippen LogP contribution is 2.40. The van der Waals surface area contributed by atoms with Gasteiger partial charge in [-0.05, 0) is 49.4 Å². The fourth-order valence-corrected chi connectivity index (χ4v) is 4.80. The molecule has 1 amide bonds. The number of dihydropyridines is 1. The second kappa shape index (κ2) is 14.9. The summed E-state index contributed by atoms with van der Waals surface area (Å²) in [5.41, 5.74) is 2.10. The number of thioether (sulfide) groups is 1. The summed E-state index contributed by atoms with van der Waals surface area (Å²) in [6.07, 6.45) is 0. The van der Waals surface area contributed by atoms with Gasteiger partial charge >= 0.3 is 11.9 Å². The molecule has 0 saturated heterocycles. The molecule has 2 N–H and O–H groups in total. The van der Waals surface area contributed by atoms with Crippen molar-refractivity contribution in [2.75, 3.05) is 36.6 Å². The van der Waals surface area contributed by atoms with Gasteiger partial charge < -0.3 is 24.8 Å². The van der Waals surface area contributed by atoms with E-state index in [1.165, 1.54) is 25.1 Å². The molecule has 41 heavy (non-hydrogen) atoms. The predicted molar refractivity (Wildman–Crippen MR) is 156 cm³/mol. The van der Waals surface area contributed by atoms with Crippen molar-refractivity contribution in [1.29, 1.82) is 0 Å². The van der Waals surface area contributed by atoms with Gasteiger partial charge in [-0.3, -0.25) is 14.9 Å². The molecule has 2 aromatic rings. The second-order valence-corrected chi connectivity index (χ2v) is 10.4. The van der Waals surface area contributed by atoms with E-state index in [4.69, 9.17) is 14.2 Å². The van der Waals surface area contributed by atoms with E-state index in [1.807, 2.05) is 6.92 Å². The normalized spacial score (nSPS) is 14.7. The van der Waals surface area contributed by atoms with Crippen LogP contribution in [0.2, 0.25) is 0 Å². The summed E-state index contributed by atoms with van der Waals surface area (Å²) >= 11 is 1.62. The molecule has 0 aliphatic carbocycles. The minimum absolute atomic E-state index is 0.0469. The SMILES string of the molecule is CCSCCOC(=O)C1=C(C)NC(C)=C(C(=O)OCCOc2ccc(NC(C)=O)cc2)C1c1cccc([N+](=O)[O-])c1. The van der Waals surface area contributed by atoms with E-state index in [9.17, 15) is 24.5 Å². The summed E-state index contributed by atoms with van der Waals surface area (Å²) in [6.45, 7) is 6.92. The Kier molecular flexibility index (Phi) is 11.3. The monoisotopic (exact) mass is 583 g/mol. The van der Waals surface area contributed by atoms with Gasteiger partial charge in [0.1, 0.15) is 25.6 Å². The number of anilines is 1. The van der Waals surface area contributed by atoms with Crippen LogP contribution in [0.4, 0.5) is 11.4 Å². The molecule has 2 aromatic carbocycles. The van der Waals surface area contributed by atoms with Crippen molar-refractivity contribution >= 4 is 41.0 Å². The Labute approximate surface area is 242 Å². The first kappa shape index (κ1) is 31.2. The van der Waals surface area contributed by atoms with Gasteiger partial charge in [-0.15, -0.1) is 0 Å². The fourth-order valence-electron chi connectivity index (χ4n) is 4.31. The molecule has 0 radical (unpaired) electrons. The van der Waals surface area contributed by atoms with Gasteiger partial charge in [-0.25, -0.2) is 9.59 Å². The number of carbonyl (C=O) groups is 3. The minimum Gasteiger partial charge on any atom is -0.490 e. The van der Waals surface area contributed by atoms with Crippen molar-refractivity contribution in [3.05, 3.63) is 86.7 Å². The first-order valence-electron chi connectivity index (χ1n) is 13.0. The quantitative estimate of drug-likeness (QED) is 0.147. The number of rotatable bonds is 13. The number of nitrogens with one attached hydrogen (secondary N) is 2. The van der Waals surface area contributed by atoms with E-state index in [1.54, 1.807) is 55.9 Å². The topological polar surface area (TPSA) is 146 Å². The highest BCUT2D eigenvalue weighted by molar-refractivity contribution is 7.99. The summed E-state index contributed by atoms with van der Waals surface area (Å²) in [7, 11) is 0. The lowest BCUT2D eigenvalue weighted by Crippen LogP contribution is -2.33. The summed E-state index contributed by atoms with van der Waals surface area (Å²) in [4.78, 5) is 48.8. The molecule has 11 nitrogen and oxygen atoms in total. The average Bonchev–Trinajstić information content (AvgIpc) is 2.93. The number of ether oxygens (including phenoxy) is 3. The highest BCUT2D eigenvalue weighted by atomic mass is 32.2. The van der Waals surface area contributed by atoms with Gasteiger partial charge in [0.25, 0.3) is 5.69 Å². The Morgan fingerprint density at radius 3 is 2.20 bits per heavy atom. The van der Waals surface area contributed by atoms with Crippen LogP contribution in [0.25, 0.3) is 0 Å². The van der Waals surface area contributed by atoms with Crippen molar-refractivity contribution in [2.24, 2.45) is 0 Å². The zero-order chi connectivity index (χ0) is 29.9. The molecule has 0 saturated carbocycles. The van der Waals surface area contributed by atoms with E-state index in [2.05, 4.69) is 10.6 Å². The van der Waals surface area contributed by atoms with Crippen LogP contribution in [0.3, 0.4) is 0 Å². The van der Waals surface area contributed by atoms with Crippen LogP contribution in [-0.4, -0.2) is 54.1 Å². The number of nitrogens with zero attached hydrogens (tertiary/aromatic N) is 1. The minimum atomic E-state index is -0.947. The van der Waals surface area contributed by atoms with Crippen LogP contribution in [0, 0.1) is 10.1 Å². The van der Waals surface area contributed by atoms with Crippen LogP contribution in [0.1, 0.15) is 39.2 Å². The predicted octanol–water partition coefficient (Wildman–Crippen LogP) is 4.71. The van der Waals surface area contributed by atoms with Gasteiger partial charge in [-0.2, -0.15) is 11.8 Å². The molecule has 0 fully saturated rings. The molecule has 1 unspecified atom stereocenters. The number of nitro groups is 1. The third-order valence-corrected chi connectivity index (χ3v) is 6.90. The summed E-state index contributed by atoms with van der Waals surface area (Å²) in [5.74, 6) is -0.443. The lowest BCUT2D eigenvalue weighted by atomic mass is 9.80.